The number of rotatable bonds is 11. The van der Waals surface area contributed by atoms with Crippen LogP contribution in [0.3, 0.4) is 0 Å². The summed E-state index contributed by atoms with van der Waals surface area (Å²) in [5.74, 6) is -0.284. The van der Waals surface area contributed by atoms with Gasteiger partial charge in [0.05, 0.1) is 18.2 Å². The third kappa shape index (κ3) is 8.18. The average Bonchev–Trinajstić information content (AvgIpc) is 2.33. The van der Waals surface area contributed by atoms with Gasteiger partial charge in [-0.25, -0.2) is 0 Å². The first-order valence-corrected chi connectivity index (χ1v) is 7.17. The Kier molecular flexibility index (Phi) is 8.97. The van der Waals surface area contributed by atoms with Crippen molar-refractivity contribution in [2.24, 2.45) is 5.73 Å². The summed E-state index contributed by atoms with van der Waals surface area (Å²) in [6, 6.07) is 0. The third-order valence-electron chi connectivity index (χ3n) is 3.23. The fourth-order valence-corrected chi connectivity index (χ4v) is 1.67. The Morgan fingerprint density at radius 1 is 1.42 bits per heavy atom. The number of primary amides is 1. The van der Waals surface area contributed by atoms with E-state index in [0.717, 1.165) is 26.1 Å². The first kappa shape index (κ1) is 18.4. The van der Waals surface area contributed by atoms with Gasteiger partial charge in [0.1, 0.15) is 0 Å². The van der Waals surface area contributed by atoms with E-state index in [1.807, 2.05) is 27.8 Å². The first-order valence-electron chi connectivity index (χ1n) is 7.17. The maximum absolute atomic E-state index is 11.6. The van der Waals surface area contributed by atoms with Crippen molar-refractivity contribution in [3.8, 4) is 0 Å². The average molecular weight is 273 g/mol. The van der Waals surface area contributed by atoms with Gasteiger partial charge in [0.2, 0.25) is 5.91 Å². The van der Waals surface area contributed by atoms with Crippen molar-refractivity contribution < 1.29 is 9.53 Å². The van der Waals surface area contributed by atoms with E-state index in [4.69, 9.17) is 10.5 Å². The number of likely N-dealkylation sites (N-methyl/N-ethyl adjacent to an activating group) is 1. The Balaban J connectivity index is 4.06. The van der Waals surface area contributed by atoms with Gasteiger partial charge in [-0.15, -0.1) is 0 Å². The quantitative estimate of drug-likeness (QED) is 0.589. The molecular weight excluding hydrogens is 242 g/mol. The Morgan fingerprint density at radius 2 is 2.05 bits per heavy atom. The molecule has 0 saturated carbocycles. The second-order valence-corrected chi connectivity index (χ2v) is 5.60. The summed E-state index contributed by atoms with van der Waals surface area (Å²) in [6.45, 7) is 11.2. The zero-order valence-corrected chi connectivity index (χ0v) is 13.2. The SMILES string of the molecule is CCCNC(C)(CCN(C)CCOC(C)C)C(N)=O. The lowest BCUT2D eigenvalue weighted by Crippen LogP contribution is -2.54. The molecule has 5 nitrogen and oxygen atoms in total. The summed E-state index contributed by atoms with van der Waals surface area (Å²) in [4.78, 5) is 13.7. The molecule has 0 saturated heterocycles. The highest BCUT2D eigenvalue weighted by molar-refractivity contribution is 5.84. The number of nitrogens with zero attached hydrogens (tertiary/aromatic N) is 1. The molecule has 1 unspecified atom stereocenters. The molecule has 0 bridgehead atoms. The highest BCUT2D eigenvalue weighted by atomic mass is 16.5. The maximum Gasteiger partial charge on any atom is 0.237 e. The van der Waals surface area contributed by atoms with Gasteiger partial charge >= 0.3 is 0 Å². The molecule has 0 aliphatic rings. The fraction of sp³-hybridized carbons (Fsp3) is 0.929. The monoisotopic (exact) mass is 273 g/mol. The van der Waals surface area contributed by atoms with E-state index < -0.39 is 5.54 Å². The van der Waals surface area contributed by atoms with Crippen LogP contribution in [0.2, 0.25) is 0 Å². The number of ether oxygens (including phenoxy) is 1. The lowest BCUT2D eigenvalue weighted by Gasteiger charge is -2.29. The molecule has 0 heterocycles. The van der Waals surface area contributed by atoms with Gasteiger partial charge < -0.3 is 20.7 Å². The highest BCUT2D eigenvalue weighted by Gasteiger charge is 2.29. The second-order valence-electron chi connectivity index (χ2n) is 5.60. The van der Waals surface area contributed by atoms with Crippen molar-refractivity contribution in [2.75, 3.05) is 33.3 Å². The number of nitrogens with one attached hydrogen (secondary N) is 1. The van der Waals surface area contributed by atoms with Crippen molar-refractivity contribution in [1.82, 2.24) is 10.2 Å². The summed E-state index contributed by atoms with van der Waals surface area (Å²) in [6.07, 6.45) is 1.96. The van der Waals surface area contributed by atoms with Crippen LogP contribution in [0.15, 0.2) is 0 Å². The van der Waals surface area contributed by atoms with Crippen molar-refractivity contribution in [2.45, 2.75) is 52.2 Å². The van der Waals surface area contributed by atoms with Gasteiger partial charge in [-0.1, -0.05) is 6.92 Å². The van der Waals surface area contributed by atoms with Gasteiger partial charge in [0, 0.05) is 13.1 Å². The molecule has 0 radical (unpaired) electrons. The van der Waals surface area contributed by atoms with E-state index in [9.17, 15) is 4.79 Å². The topological polar surface area (TPSA) is 67.6 Å². The molecule has 0 spiro atoms. The Hall–Kier alpha value is -0.650. The zero-order chi connectivity index (χ0) is 14.9. The van der Waals surface area contributed by atoms with Gasteiger partial charge in [0.25, 0.3) is 0 Å². The van der Waals surface area contributed by atoms with E-state index in [2.05, 4.69) is 17.1 Å². The van der Waals surface area contributed by atoms with Crippen LogP contribution in [0.25, 0.3) is 0 Å². The van der Waals surface area contributed by atoms with E-state index >= 15 is 0 Å². The van der Waals surface area contributed by atoms with Crippen molar-refractivity contribution >= 4 is 5.91 Å². The molecule has 1 amide bonds. The normalized spacial score (nSPS) is 14.9. The molecule has 0 fully saturated rings. The molecular formula is C14H31N3O2. The number of hydrogen-bond acceptors (Lipinski definition) is 4. The fourth-order valence-electron chi connectivity index (χ4n) is 1.67. The van der Waals surface area contributed by atoms with E-state index in [0.29, 0.717) is 13.0 Å². The standard InChI is InChI=1S/C14H31N3O2/c1-6-8-16-14(4,13(15)18)7-9-17(5)10-11-19-12(2)3/h12,16H,6-11H2,1-5H3,(H2,15,18). The molecule has 3 N–H and O–H groups in total. The smallest absolute Gasteiger partial charge is 0.237 e. The van der Waals surface area contributed by atoms with E-state index in [-0.39, 0.29) is 12.0 Å². The summed E-state index contributed by atoms with van der Waals surface area (Å²) < 4.78 is 5.51. The van der Waals surface area contributed by atoms with Crippen LogP contribution in [0.4, 0.5) is 0 Å². The molecule has 114 valence electrons. The van der Waals surface area contributed by atoms with Gasteiger partial charge in [-0.3, -0.25) is 4.79 Å². The number of amides is 1. The molecule has 1 atom stereocenters. The van der Waals surface area contributed by atoms with E-state index in [1.54, 1.807) is 0 Å². The largest absolute Gasteiger partial charge is 0.377 e. The zero-order valence-electron chi connectivity index (χ0n) is 13.2. The molecule has 0 aliphatic carbocycles. The van der Waals surface area contributed by atoms with Crippen molar-refractivity contribution in [1.29, 1.82) is 0 Å². The van der Waals surface area contributed by atoms with Crippen LogP contribution >= 0.6 is 0 Å². The number of nitrogens with two attached hydrogens (primary N) is 1. The van der Waals surface area contributed by atoms with Crippen LogP contribution < -0.4 is 11.1 Å². The van der Waals surface area contributed by atoms with Gasteiger partial charge in [0.15, 0.2) is 0 Å². The summed E-state index contributed by atoms with van der Waals surface area (Å²) >= 11 is 0. The summed E-state index contributed by atoms with van der Waals surface area (Å²) in [5, 5.41) is 3.24. The van der Waals surface area contributed by atoms with E-state index in [1.165, 1.54) is 0 Å². The highest BCUT2D eigenvalue weighted by Crippen LogP contribution is 2.10. The van der Waals surface area contributed by atoms with Gasteiger partial charge in [-0.2, -0.15) is 0 Å². The van der Waals surface area contributed by atoms with Crippen LogP contribution in [0.1, 0.15) is 40.5 Å². The summed E-state index contributed by atoms with van der Waals surface area (Å²) in [5.41, 5.74) is 4.87. The minimum absolute atomic E-state index is 0.260. The Morgan fingerprint density at radius 3 is 2.53 bits per heavy atom. The second kappa shape index (κ2) is 9.28. The third-order valence-corrected chi connectivity index (χ3v) is 3.23. The molecule has 19 heavy (non-hydrogen) atoms. The molecule has 0 aromatic heterocycles. The summed E-state index contributed by atoms with van der Waals surface area (Å²) in [7, 11) is 2.03. The number of carbonyl (C=O) groups excluding carboxylic acids is 1. The maximum atomic E-state index is 11.6. The number of carbonyl (C=O) groups is 1. The van der Waals surface area contributed by atoms with Crippen molar-refractivity contribution in [3.63, 3.8) is 0 Å². The van der Waals surface area contributed by atoms with Crippen molar-refractivity contribution in [3.05, 3.63) is 0 Å². The number of hydrogen-bond donors (Lipinski definition) is 2. The van der Waals surface area contributed by atoms with Crippen LogP contribution in [-0.2, 0) is 9.53 Å². The molecule has 0 rings (SSSR count). The predicted octanol–water partition coefficient (Wildman–Crippen LogP) is 0.977. The van der Waals surface area contributed by atoms with Crippen LogP contribution in [0, 0.1) is 0 Å². The Labute approximate surface area is 117 Å². The van der Waals surface area contributed by atoms with Crippen LogP contribution in [0.5, 0.6) is 0 Å². The molecule has 0 aromatic carbocycles. The minimum atomic E-state index is -0.622. The molecule has 0 aliphatic heterocycles. The molecule has 5 heteroatoms. The lowest BCUT2D eigenvalue weighted by molar-refractivity contribution is -0.124. The van der Waals surface area contributed by atoms with Gasteiger partial charge in [-0.05, 0) is 47.2 Å². The lowest BCUT2D eigenvalue weighted by atomic mass is 9.96. The van der Waals surface area contributed by atoms with Crippen LogP contribution in [-0.4, -0.2) is 55.7 Å². The predicted molar refractivity (Wildman–Crippen MR) is 79.1 cm³/mol. The molecule has 0 aromatic rings. The minimum Gasteiger partial charge on any atom is -0.377 e. The Bertz CT molecular complexity index is 259. The first-order chi connectivity index (χ1) is 8.81.